The highest BCUT2D eigenvalue weighted by molar-refractivity contribution is 9.10. The molecule has 0 spiro atoms. The average Bonchev–Trinajstić information content (AvgIpc) is 2.02. The van der Waals surface area contributed by atoms with E-state index in [1.165, 1.54) is 0 Å². The minimum atomic E-state index is -2.72. The number of hydrogen-bond acceptors (Lipinski definition) is 1. The first-order valence-electron chi connectivity index (χ1n) is 4.27. The monoisotopic (exact) mass is 263 g/mol. The average molecular weight is 264 g/mol. The van der Waals surface area contributed by atoms with Crippen molar-refractivity contribution in [3.05, 3.63) is 34.3 Å². The first kappa shape index (κ1) is 11.6. The highest BCUT2D eigenvalue weighted by Crippen LogP contribution is 2.26. The van der Waals surface area contributed by atoms with Crippen LogP contribution >= 0.6 is 15.9 Å². The van der Waals surface area contributed by atoms with Crippen molar-refractivity contribution < 1.29 is 8.78 Å². The molecule has 0 aliphatic carbocycles. The molecular formula is C10H12BrF2N. The van der Waals surface area contributed by atoms with Gasteiger partial charge in [0.15, 0.2) is 0 Å². The summed E-state index contributed by atoms with van der Waals surface area (Å²) >= 11 is 3.27. The molecular weight excluding hydrogens is 252 g/mol. The van der Waals surface area contributed by atoms with E-state index < -0.39 is 12.0 Å². The molecule has 0 fully saturated rings. The summed E-state index contributed by atoms with van der Waals surface area (Å²) < 4.78 is 26.2. The molecule has 0 aliphatic rings. The predicted octanol–water partition coefficient (Wildman–Crippen LogP) is 3.49. The van der Waals surface area contributed by atoms with Crippen LogP contribution in [0.25, 0.3) is 0 Å². The largest absolute Gasteiger partial charge is 0.324 e. The molecule has 1 unspecified atom stereocenters. The molecule has 0 amide bonds. The maximum Gasteiger partial charge on any atom is 0.247 e. The van der Waals surface area contributed by atoms with Crippen molar-refractivity contribution in [1.29, 1.82) is 0 Å². The molecule has 0 saturated heterocycles. The van der Waals surface area contributed by atoms with Crippen LogP contribution in [-0.2, 0) is 0 Å². The van der Waals surface area contributed by atoms with E-state index in [4.69, 9.17) is 5.73 Å². The Morgan fingerprint density at radius 3 is 2.29 bits per heavy atom. The topological polar surface area (TPSA) is 26.0 Å². The maximum atomic E-state index is 12.6. The third-order valence-corrected chi connectivity index (χ3v) is 2.41. The van der Waals surface area contributed by atoms with Gasteiger partial charge in [0.2, 0.25) is 5.92 Å². The molecule has 2 N–H and O–H groups in total. The normalized spacial score (nSPS) is 14.1. The zero-order valence-corrected chi connectivity index (χ0v) is 9.39. The van der Waals surface area contributed by atoms with Gasteiger partial charge in [0.05, 0.1) is 0 Å². The molecule has 0 bridgehead atoms. The number of alkyl halides is 2. The molecule has 0 radical (unpaired) electrons. The SMILES string of the molecule is CC(F)(F)CC(N)c1ccc(Br)cc1. The van der Waals surface area contributed by atoms with Crippen molar-refractivity contribution in [2.75, 3.05) is 0 Å². The molecule has 1 aromatic rings. The summed E-state index contributed by atoms with van der Waals surface area (Å²) in [5, 5.41) is 0. The molecule has 1 atom stereocenters. The number of rotatable bonds is 3. The summed E-state index contributed by atoms with van der Waals surface area (Å²) in [5.41, 5.74) is 6.37. The first-order chi connectivity index (χ1) is 6.38. The zero-order chi connectivity index (χ0) is 10.8. The minimum Gasteiger partial charge on any atom is -0.324 e. The molecule has 14 heavy (non-hydrogen) atoms. The van der Waals surface area contributed by atoms with Crippen LogP contribution < -0.4 is 5.73 Å². The molecule has 1 rings (SSSR count). The smallest absolute Gasteiger partial charge is 0.247 e. The second kappa shape index (κ2) is 4.36. The van der Waals surface area contributed by atoms with Crippen LogP contribution in [0.2, 0.25) is 0 Å². The van der Waals surface area contributed by atoms with Crippen LogP contribution in [0, 0.1) is 0 Å². The van der Waals surface area contributed by atoms with E-state index in [-0.39, 0.29) is 6.42 Å². The summed E-state index contributed by atoms with van der Waals surface area (Å²) in [7, 11) is 0. The molecule has 1 nitrogen and oxygen atoms in total. The first-order valence-corrected chi connectivity index (χ1v) is 5.07. The van der Waals surface area contributed by atoms with Crippen LogP contribution in [0.15, 0.2) is 28.7 Å². The van der Waals surface area contributed by atoms with E-state index in [0.29, 0.717) is 0 Å². The van der Waals surface area contributed by atoms with Crippen LogP contribution in [-0.4, -0.2) is 5.92 Å². The van der Waals surface area contributed by atoms with Crippen molar-refractivity contribution >= 4 is 15.9 Å². The van der Waals surface area contributed by atoms with Gasteiger partial charge >= 0.3 is 0 Å². The number of benzene rings is 1. The third kappa shape index (κ3) is 3.72. The zero-order valence-electron chi connectivity index (χ0n) is 7.81. The third-order valence-electron chi connectivity index (χ3n) is 1.88. The summed E-state index contributed by atoms with van der Waals surface area (Å²) in [4.78, 5) is 0. The van der Waals surface area contributed by atoms with Crippen molar-refractivity contribution in [1.82, 2.24) is 0 Å². The lowest BCUT2D eigenvalue weighted by atomic mass is 10.0. The second-order valence-corrected chi connectivity index (χ2v) is 4.35. The van der Waals surface area contributed by atoms with E-state index in [0.717, 1.165) is 17.0 Å². The van der Waals surface area contributed by atoms with E-state index in [9.17, 15) is 8.78 Å². The molecule has 0 saturated carbocycles. The van der Waals surface area contributed by atoms with E-state index in [1.54, 1.807) is 24.3 Å². The van der Waals surface area contributed by atoms with E-state index in [1.807, 2.05) is 0 Å². The number of halogens is 3. The van der Waals surface area contributed by atoms with Gasteiger partial charge in [-0.1, -0.05) is 28.1 Å². The Labute approximate surface area is 90.4 Å². The molecule has 4 heteroatoms. The predicted molar refractivity (Wildman–Crippen MR) is 56.3 cm³/mol. The van der Waals surface area contributed by atoms with E-state index in [2.05, 4.69) is 15.9 Å². The van der Waals surface area contributed by atoms with Crippen molar-refractivity contribution in [2.24, 2.45) is 5.73 Å². The number of nitrogens with two attached hydrogens (primary N) is 1. The molecule has 0 aliphatic heterocycles. The summed E-state index contributed by atoms with van der Waals surface area (Å²) in [6.07, 6.45) is -0.325. The van der Waals surface area contributed by atoms with E-state index >= 15 is 0 Å². The summed E-state index contributed by atoms with van der Waals surface area (Å²) in [5.74, 6) is -2.72. The van der Waals surface area contributed by atoms with Crippen LogP contribution in [0.4, 0.5) is 8.78 Å². The molecule has 0 aromatic heterocycles. The molecule has 1 aromatic carbocycles. The van der Waals surface area contributed by atoms with Crippen molar-refractivity contribution in [3.8, 4) is 0 Å². The summed E-state index contributed by atoms with van der Waals surface area (Å²) in [6, 6.07) is 6.48. The van der Waals surface area contributed by atoms with Gasteiger partial charge in [-0.25, -0.2) is 8.78 Å². The quantitative estimate of drug-likeness (QED) is 0.888. The van der Waals surface area contributed by atoms with Gasteiger partial charge in [-0.3, -0.25) is 0 Å². The highest BCUT2D eigenvalue weighted by Gasteiger charge is 2.25. The van der Waals surface area contributed by atoms with Crippen LogP contribution in [0.3, 0.4) is 0 Å². The standard InChI is InChI=1S/C10H12BrF2N/c1-10(12,13)6-9(14)7-2-4-8(11)5-3-7/h2-5,9H,6,14H2,1H3. The lowest BCUT2D eigenvalue weighted by Gasteiger charge is -2.16. The van der Waals surface area contributed by atoms with Gasteiger partial charge in [-0.15, -0.1) is 0 Å². The van der Waals surface area contributed by atoms with Crippen molar-refractivity contribution in [3.63, 3.8) is 0 Å². The van der Waals surface area contributed by atoms with Crippen molar-refractivity contribution in [2.45, 2.75) is 25.3 Å². The molecule has 78 valence electrons. The lowest BCUT2D eigenvalue weighted by molar-refractivity contribution is 0.00616. The minimum absolute atomic E-state index is 0.325. The Morgan fingerprint density at radius 2 is 1.86 bits per heavy atom. The number of hydrogen-bond donors (Lipinski definition) is 1. The Morgan fingerprint density at radius 1 is 1.36 bits per heavy atom. The van der Waals surface area contributed by atoms with Gasteiger partial charge in [0, 0.05) is 16.9 Å². The van der Waals surface area contributed by atoms with Gasteiger partial charge in [0.25, 0.3) is 0 Å². The second-order valence-electron chi connectivity index (χ2n) is 3.43. The van der Waals surface area contributed by atoms with Crippen LogP contribution in [0.1, 0.15) is 24.9 Å². The van der Waals surface area contributed by atoms with Gasteiger partial charge in [0.1, 0.15) is 0 Å². The van der Waals surface area contributed by atoms with Gasteiger partial charge in [-0.05, 0) is 24.6 Å². The van der Waals surface area contributed by atoms with Gasteiger partial charge in [-0.2, -0.15) is 0 Å². The highest BCUT2D eigenvalue weighted by atomic mass is 79.9. The maximum absolute atomic E-state index is 12.6. The van der Waals surface area contributed by atoms with Crippen LogP contribution in [0.5, 0.6) is 0 Å². The fourth-order valence-electron chi connectivity index (χ4n) is 1.21. The fraction of sp³-hybridized carbons (Fsp3) is 0.400. The molecule has 0 heterocycles. The Balaban J connectivity index is 2.70. The van der Waals surface area contributed by atoms with Gasteiger partial charge < -0.3 is 5.73 Å². The Kier molecular flexibility index (Phi) is 3.61. The fourth-order valence-corrected chi connectivity index (χ4v) is 1.48. The lowest BCUT2D eigenvalue weighted by Crippen LogP contribution is -2.21. The Bertz CT molecular complexity index is 292. The summed E-state index contributed by atoms with van der Waals surface area (Å²) in [6.45, 7) is 0.881. The Hall–Kier alpha value is -0.480.